The number of hydrogen-bond donors (Lipinski definition) is 2. The van der Waals surface area contributed by atoms with Crippen molar-refractivity contribution < 1.29 is 9.53 Å². The number of fused-ring (bicyclic) bond motifs is 1. The molecule has 136 valence electrons. The zero-order chi connectivity index (χ0) is 16.2. The minimum absolute atomic E-state index is 0. The molecule has 5 nitrogen and oxygen atoms in total. The van der Waals surface area contributed by atoms with Crippen LogP contribution in [-0.2, 0) is 4.79 Å². The number of ether oxygens (including phenoxy) is 1. The average Bonchev–Trinajstić information content (AvgIpc) is 2.56. The quantitative estimate of drug-likeness (QED) is 0.848. The number of nitrogens with two attached hydrogens (primary N) is 1. The van der Waals surface area contributed by atoms with Crippen LogP contribution in [0.15, 0.2) is 48.5 Å². The molecule has 0 radical (unpaired) electrons. The molecule has 1 aliphatic heterocycles. The minimum atomic E-state index is -0.306. The lowest BCUT2D eigenvalue weighted by Crippen LogP contribution is -2.29. The van der Waals surface area contributed by atoms with Crippen molar-refractivity contribution in [2.75, 3.05) is 30.4 Å². The average molecular weight is 384 g/mol. The molecule has 0 saturated carbocycles. The zero-order valence-electron chi connectivity index (χ0n) is 14.0. The predicted octanol–water partition coefficient (Wildman–Crippen LogP) is 3.39. The third kappa shape index (κ3) is 5.26. The second-order valence-electron chi connectivity index (χ2n) is 5.72. The Bertz CT molecular complexity index is 698. The SMILES string of the molecule is CN1CCOc2ccc(NC(=O)CC(N)c3ccccc3)cc21.Cl.Cl. The highest BCUT2D eigenvalue weighted by Gasteiger charge is 2.16. The van der Waals surface area contributed by atoms with Gasteiger partial charge in [0.05, 0.1) is 12.2 Å². The van der Waals surface area contributed by atoms with Crippen LogP contribution >= 0.6 is 24.8 Å². The van der Waals surface area contributed by atoms with Crippen LogP contribution < -0.4 is 20.7 Å². The van der Waals surface area contributed by atoms with Crippen molar-refractivity contribution in [1.82, 2.24) is 0 Å². The van der Waals surface area contributed by atoms with Gasteiger partial charge in [-0.3, -0.25) is 4.79 Å². The van der Waals surface area contributed by atoms with Crippen LogP contribution in [0.4, 0.5) is 11.4 Å². The molecule has 7 heteroatoms. The number of amides is 1. The third-order valence-corrected chi connectivity index (χ3v) is 3.97. The van der Waals surface area contributed by atoms with Crippen molar-refractivity contribution in [3.63, 3.8) is 0 Å². The van der Waals surface area contributed by atoms with Gasteiger partial charge in [-0.25, -0.2) is 0 Å². The fourth-order valence-corrected chi connectivity index (χ4v) is 2.66. The van der Waals surface area contributed by atoms with E-state index in [9.17, 15) is 4.79 Å². The molecule has 3 rings (SSSR count). The van der Waals surface area contributed by atoms with Gasteiger partial charge in [-0.15, -0.1) is 24.8 Å². The fraction of sp³-hybridized carbons (Fsp3) is 0.278. The molecule has 0 bridgehead atoms. The van der Waals surface area contributed by atoms with Crippen LogP contribution in [0.3, 0.4) is 0 Å². The van der Waals surface area contributed by atoms with Crippen LogP contribution in [0.25, 0.3) is 0 Å². The highest BCUT2D eigenvalue weighted by Crippen LogP contribution is 2.33. The van der Waals surface area contributed by atoms with Gasteiger partial charge in [0.1, 0.15) is 12.4 Å². The molecule has 3 N–H and O–H groups in total. The highest BCUT2D eigenvalue weighted by atomic mass is 35.5. The van der Waals surface area contributed by atoms with Gasteiger partial charge in [-0.05, 0) is 23.8 Å². The molecule has 2 aromatic carbocycles. The van der Waals surface area contributed by atoms with E-state index in [1.54, 1.807) is 0 Å². The third-order valence-electron chi connectivity index (χ3n) is 3.97. The van der Waals surface area contributed by atoms with Crippen LogP contribution in [-0.4, -0.2) is 26.1 Å². The molecule has 2 aromatic rings. The molecule has 0 saturated heterocycles. The Morgan fingerprint density at radius 1 is 1.24 bits per heavy atom. The minimum Gasteiger partial charge on any atom is -0.490 e. The maximum absolute atomic E-state index is 12.2. The van der Waals surface area contributed by atoms with E-state index in [1.807, 2.05) is 55.6 Å². The molecule has 0 fully saturated rings. The number of anilines is 2. The lowest BCUT2D eigenvalue weighted by molar-refractivity contribution is -0.116. The number of carbonyl (C=O) groups is 1. The van der Waals surface area contributed by atoms with Crippen molar-refractivity contribution >= 4 is 42.1 Å². The first-order valence-electron chi connectivity index (χ1n) is 7.72. The summed E-state index contributed by atoms with van der Waals surface area (Å²) in [7, 11) is 2.01. The summed E-state index contributed by atoms with van der Waals surface area (Å²) in [4.78, 5) is 14.3. The second kappa shape index (κ2) is 9.51. The standard InChI is InChI=1S/C18H21N3O2.2ClH/c1-21-9-10-23-17-8-7-14(11-16(17)21)20-18(22)12-15(19)13-5-3-2-4-6-13;;/h2-8,11,15H,9-10,12,19H2,1H3,(H,20,22);2*1H. The number of benzene rings is 2. The number of carbonyl (C=O) groups excluding carboxylic acids is 1. The smallest absolute Gasteiger partial charge is 0.226 e. The van der Waals surface area contributed by atoms with Gasteiger partial charge in [0.25, 0.3) is 0 Å². The maximum Gasteiger partial charge on any atom is 0.226 e. The van der Waals surface area contributed by atoms with E-state index in [4.69, 9.17) is 10.5 Å². The topological polar surface area (TPSA) is 67.6 Å². The Morgan fingerprint density at radius 2 is 1.96 bits per heavy atom. The number of rotatable bonds is 4. The maximum atomic E-state index is 12.2. The van der Waals surface area contributed by atoms with Crippen molar-refractivity contribution in [3.8, 4) is 5.75 Å². The summed E-state index contributed by atoms with van der Waals surface area (Å²) < 4.78 is 5.60. The molecule has 0 aromatic heterocycles. The van der Waals surface area contributed by atoms with E-state index < -0.39 is 0 Å². The van der Waals surface area contributed by atoms with Crippen molar-refractivity contribution in [2.45, 2.75) is 12.5 Å². The van der Waals surface area contributed by atoms with Gasteiger partial charge in [0, 0.05) is 25.2 Å². The van der Waals surface area contributed by atoms with Crippen LogP contribution in [0.5, 0.6) is 5.75 Å². The molecule has 0 aliphatic carbocycles. The highest BCUT2D eigenvalue weighted by molar-refractivity contribution is 5.92. The van der Waals surface area contributed by atoms with Gasteiger partial charge in [-0.2, -0.15) is 0 Å². The van der Waals surface area contributed by atoms with Crippen molar-refractivity contribution in [3.05, 3.63) is 54.1 Å². The Balaban J connectivity index is 0.00000156. The summed E-state index contributed by atoms with van der Waals surface area (Å²) in [6, 6.07) is 15.0. The number of halogens is 2. The van der Waals surface area contributed by atoms with Crippen molar-refractivity contribution in [2.24, 2.45) is 5.73 Å². The number of nitrogens with zero attached hydrogens (tertiary/aromatic N) is 1. The number of likely N-dealkylation sites (N-methyl/N-ethyl adjacent to an activating group) is 1. The fourth-order valence-electron chi connectivity index (χ4n) is 2.66. The Hall–Kier alpha value is -1.95. The monoisotopic (exact) mass is 383 g/mol. The molecule has 0 spiro atoms. The van der Waals surface area contributed by atoms with Gasteiger partial charge in [0.15, 0.2) is 0 Å². The molecule has 1 unspecified atom stereocenters. The Morgan fingerprint density at radius 3 is 2.68 bits per heavy atom. The van der Waals surface area contributed by atoms with E-state index in [2.05, 4.69) is 10.2 Å². The summed E-state index contributed by atoms with van der Waals surface area (Å²) in [6.45, 7) is 1.52. The molecular formula is C18H23Cl2N3O2. The normalized spacial score (nSPS) is 13.4. The molecule has 1 heterocycles. The Labute approximate surface area is 160 Å². The van der Waals surface area contributed by atoms with Crippen LogP contribution in [0.2, 0.25) is 0 Å². The first-order valence-corrected chi connectivity index (χ1v) is 7.72. The van der Waals surface area contributed by atoms with Crippen molar-refractivity contribution in [1.29, 1.82) is 0 Å². The first-order chi connectivity index (χ1) is 11.1. The molecule has 1 aliphatic rings. The zero-order valence-corrected chi connectivity index (χ0v) is 15.6. The summed E-state index contributed by atoms with van der Waals surface area (Å²) >= 11 is 0. The number of nitrogens with one attached hydrogen (secondary N) is 1. The van der Waals surface area contributed by atoms with E-state index in [-0.39, 0.29) is 43.2 Å². The van der Waals surface area contributed by atoms with E-state index >= 15 is 0 Å². The van der Waals surface area contributed by atoms with Gasteiger partial charge in [0.2, 0.25) is 5.91 Å². The summed E-state index contributed by atoms with van der Waals surface area (Å²) in [6.07, 6.45) is 0.243. The molecule has 1 amide bonds. The van der Waals surface area contributed by atoms with Gasteiger partial charge < -0.3 is 20.7 Å². The Kier molecular flexibility index (Phi) is 8.03. The van der Waals surface area contributed by atoms with E-state index in [1.165, 1.54) is 0 Å². The summed E-state index contributed by atoms with van der Waals surface area (Å²) in [5, 5.41) is 2.91. The summed E-state index contributed by atoms with van der Waals surface area (Å²) in [5.41, 5.74) is 8.80. The lowest BCUT2D eigenvalue weighted by Gasteiger charge is -2.28. The largest absolute Gasteiger partial charge is 0.490 e. The molecule has 25 heavy (non-hydrogen) atoms. The van der Waals surface area contributed by atoms with Crippen LogP contribution in [0, 0.1) is 0 Å². The van der Waals surface area contributed by atoms with E-state index in [0.29, 0.717) is 6.61 Å². The second-order valence-corrected chi connectivity index (χ2v) is 5.72. The van der Waals surface area contributed by atoms with Gasteiger partial charge >= 0.3 is 0 Å². The first kappa shape index (κ1) is 21.1. The molecular weight excluding hydrogens is 361 g/mol. The summed E-state index contributed by atoms with van der Waals surface area (Å²) in [5.74, 6) is 0.749. The number of hydrogen-bond acceptors (Lipinski definition) is 4. The predicted molar refractivity (Wildman–Crippen MR) is 106 cm³/mol. The van der Waals surface area contributed by atoms with Crippen LogP contribution in [0.1, 0.15) is 18.0 Å². The lowest BCUT2D eigenvalue weighted by atomic mass is 10.0. The molecule has 1 atom stereocenters. The van der Waals surface area contributed by atoms with Gasteiger partial charge in [-0.1, -0.05) is 30.3 Å². The van der Waals surface area contributed by atoms with E-state index in [0.717, 1.165) is 29.2 Å².